The third-order valence-corrected chi connectivity index (χ3v) is 4.58. The first kappa shape index (κ1) is 15.7. The van der Waals surface area contributed by atoms with Crippen molar-refractivity contribution < 1.29 is 9.90 Å². The molecule has 5 heteroatoms. The van der Waals surface area contributed by atoms with Crippen LogP contribution in [0.2, 0.25) is 0 Å². The maximum Gasteiger partial charge on any atom is 0.251 e. The zero-order valence-electron chi connectivity index (χ0n) is 13.2. The van der Waals surface area contributed by atoms with E-state index in [2.05, 4.69) is 10.4 Å². The lowest BCUT2D eigenvalue weighted by molar-refractivity contribution is 0.0872. The summed E-state index contributed by atoms with van der Waals surface area (Å²) < 4.78 is 1.85. The summed E-state index contributed by atoms with van der Waals surface area (Å²) in [7, 11) is 0. The molecule has 0 spiro atoms. The van der Waals surface area contributed by atoms with Crippen molar-refractivity contribution in [3.8, 4) is 0 Å². The summed E-state index contributed by atoms with van der Waals surface area (Å²) in [4.78, 5) is 12.4. The number of hydrogen-bond donors (Lipinski definition) is 2. The van der Waals surface area contributed by atoms with Crippen molar-refractivity contribution in [1.82, 2.24) is 15.1 Å². The highest BCUT2D eigenvalue weighted by Gasteiger charge is 2.26. The van der Waals surface area contributed by atoms with Gasteiger partial charge in [-0.3, -0.25) is 9.48 Å². The van der Waals surface area contributed by atoms with Crippen LogP contribution in [0.4, 0.5) is 0 Å². The van der Waals surface area contributed by atoms with Crippen LogP contribution in [0.15, 0.2) is 42.7 Å². The summed E-state index contributed by atoms with van der Waals surface area (Å²) in [6.07, 6.45) is 7.87. The van der Waals surface area contributed by atoms with Crippen LogP contribution in [0.3, 0.4) is 0 Å². The molecule has 3 rings (SSSR count). The number of rotatable bonds is 5. The molecule has 0 bridgehead atoms. The minimum Gasteiger partial charge on any atom is -0.396 e. The molecular weight excluding hydrogens is 290 g/mol. The topological polar surface area (TPSA) is 67.2 Å². The number of aromatic nitrogens is 2. The van der Waals surface area contributed by atoms with Crippen LogP contribution >= 0.6 is 0 Å². The van der Waals surface area contributed by atoms with Crippen LogP contribution in [0.5, 0.6) is 0 Å². The number of aliphatic hydroxyl groups is 1. The van der Waals surface area contributed by atoms with Gasteiger partial charge in [0.1, 0.15) is 0 Å². The zero-order valence-corrected chi connectivity index (χ0v) is 13.2. The average molecular weight is 313 g/mol. The number of carbonyl (C=O) groups excluding carboxylic acids is 1. The van der Waals surface area contributed by atoms with Crippen molar-refractivity contribution >= 4 is 5.91 Å². The Morgan fingerprint density at radius 1 is 1.26 bits per heavy atom. The fourth-order valence-corrected chi connectivity index (χ4v) is 3.21. The van der Waals surface area contributed by atoms with Gasteiger partial charge in [-0.15, -0.1) is 0 Å². The average Bonchev–Trinajstić information content (AvgIpc) is 3.09. The van der Waals surface area contributed by atoms with Crippen LogP contribution in [-0.2, 0) is 6.54 Å². The maximum absolute atomic E-state index is 12.4. The van der Waals surface area contributed by atoms with E-state index >= 15 is 0 Å². The third-order valence-electron chi connectivity index (χ3n) is 4.58. The van der Waals surface area contributed by atoms with Crippen molar-refractivity contribution in [1.29, 1.82) is 0 Å². The van der Waals surface area contributed by atoms with Crippen molar-refractivity contribution in [3.05, 3.63) is 53.9 Å². The fraction of sp³-hybridized carbons (Fsp3) is 0.444. The van der Waals surface area contributed by atoms with E-state index in [4.69, 9.17) is 0 Å². The number of amides is 1. The molecule has 1 amide bonds. The number of nitrogens with one attached hydrogen (secondary N) is 1. The summed E-state index contributed by atoms with van der Waals surface area (Å²) in [5.41, 5.74) is 1.77. The van der Waals surface area contributed by atoms with Gasteiger partial charge in [0.05, 0.1) is 6.54 Å². The van der Waals surface area contributed by atoms with Gasteiger partial charge in [-0.1, -0.05) is 25.0 Å². The van der Waals surface area contributed by atoms with Crippen LogP contribution in [0, 0.1) is 5.92 Å². The smallest absolute Gasteiger partial charge is 0.251 e. The van der Waals surface area contributed by atoms with Gasteiger partial charge in [-0.05, 0) is 36.6 Å². The monoisotopic (exact) mass is 313 g/mol. The molecule has 2 unspecified atom stereocenters. The Balaban J connectivity index is 1.61. The van der Waals surface area contributed by atoms with E-state index in [1.807, 2.05) is 41.2 Å². The highest BCUT2D eigenvalue weighted by atomic mass is 16.3. The molecule has 0 radical (unpaired) electrons. The Hall–Kier alpha value is -2.14. The van der Waals surface area contributed by atoms with E-state index in [1.165, 1.54) is 0 Å². The van der Waals surface area contributed by atoms with E-state index in [0.717, 1.165) is 31.2 Å². The summed E-state index contributed by atoms with van der Waals surface area (Å²) in [6.45, 7) is 0.845. The minimum atomic E-state index is -0.0546. The maximum atomic E-state index is 12.4. The van der Waals surface area contributed by atoms with Gasteiger partial charge in [0.15, 0.2) is 0 Å². The molecular formula is C18H23N3O2. The predicted octanol–water partition coefficient (Wildman–Crippen LogP) is 2.21. The summed E-state index contributed by atoms with van der Waals surface area (Å²) in [5.74, 6) is 0.132. The van der Waals surface area contributed by atoms with Crippen LogP contribution in [0.1, 0.15) is 41.6 Å². The van der Waals surface area contributed by atoms with Gasteiger partial charge in [-0.25, -0.2) is 0 Å². The largest absolute Gasteiger partial charge is 0.396 e. The Kier molecular flexibility index (Phi) is 5.08. The molecule has 2 atom stereocenters. The van der Waals surface area contributed by atoms with E-state index in [0.29, 0.717) is 12.1 Å². The number of nitrogens with zero attached hydrogens (tertiary/aromatic N) is 2. The number of benzene rings is 1. The second-order valence-corrected chi connectivity index (χ2v) is 6.21. The summed E-state index contributed by atoms with van der Waals surface area (Å²) in [6, 6.07) is 9.60. The van der Waals surface area contributed by atoms with E-state index in [1.54, 1.807) is 6.20 Å². The molecule has 1 aromatic heterocycles. The SMILES string of the molecule is O=C(NC1CCCCC1CO)c1ccc(Cn2cccn2)cc1. The van der Waals surface area contributed by atoms with Crippen LogP contribution < -0.4 is 5.32 Å². The highest BCUT2D eigenvalue weighted by molar-refractivity contribution is 5.94. The Morgan fingerprint density at radius 3 is 2.74 bits per heavy atom. The third kappa shape index (κ3) is 3.99. The van der Waals surface area contributed by atoms with E-state index in [-0.39, 0.29) is 24.5 Å². The number of hydrogen-bond acceptors (Lipinski definition) is 3. The second kappa shape index (κ2) is 7.42. The molecule has 1 aromatic carbocycles. The molecule has 1 aliphatic carbocycles. The zero-order chi connectivity index (χ0) is 16.1. The van der Waals surface area contributed by atoms with E-state index in [9.17, 15) is 9.90 Å². The van der Waals surface area contributed by atoms with Gasteiger partial charge in [0.2, 0.25) is 0 Å². The Bertz CT molecular complexity index is 622. The van der Waals surface area contributed by atoms with Crippen molar-refractivity contribution in [2.24, 2.45) is 5.92 Å². The first-order valence-electron chi connectivity index (χ1n) is 8.24. The van der Waals surface area contributed by atoms with Gasteiger partial charge in [0, 0.05) is 36.5 Å². The quantitative estimate of drug-likeness (QED) is 0.889. The van der Waals surface area contributed by atoms with Crippen molar-refractivity contribution in [3.63, 3.8) is 0 Å². The van der Waals surface area contributed by atoms with Gasteiger partial charge >= 0.3 is 0 Å². The lowest BCUT2D eigenvalue weighted by Crippen LogP contribution is -2.43. The van der Waals surface area contributed by atoms with Gasteiger partial charge < -0.3 is 10.4 Å². The number of carbonyl (C=O) groups is 1. The van der Waals surface area contributed by atoms with Crippen LogP contribution in [-0.4, -0.2) is 33.4 Å². The number of aliphatic hydroxyl groups excluding tert-OH is 1. The van der Waals surface area contributed by atoms with Gasteiger partial charge in [0.25, 0.3) is 5.91 Å². The van der Waals surface area contributed by atoms with Crippen LogP contribution in [0.25, 0.3) is 0 Å². The molecule has 1 heterocycles. The molecule has 1 saturated carbocycles. The van der Waals surface area contributed by atoms with Gasteiger partial charge in [-0.2, -0.15) is 5.10 Å². The van der Waals surface area contributed by atoms with Crippen molar-refractivity contribution in [2.45, 2.75) is 38.3 Å². The Labute approximate surface area is 136 Å². The lowest BCUT2D eigenvalue weighted by atomic mass is 9.85. The molecule has 1 aliphatic rings. The normalized spacial score (nSPS) is 21.1. The summed E-state index contributed by atoms with van der Waals surface area (Å²) >= 11 is 0. The highest BCUT2D eigenvalue weighted by Crippen LogP contribution is 2.24. The molecule has 122 valence electrons. The molecule has 2 N–H and O–H groups in total. The lowest BCUT2D eigenvalue weighted by Gasteiger charge is -2.30. The molecule has 0 aliphatic heterocycles. The predicted molar refractivity (Wildman–Crippen MR) is 88.1 cm³/mol. The minimum absolute atomic E-state index is 0.0546. The first-order chi connectivity index (χ1) is 11.3. The molecule has 23 heavy (non-hydrogen) atoms. The Morgan fingerprint density at radius 2 is 2.04 bits per heavy atom. The second-order valence-electron chi connectivity index (χ2n) is 6.21. The fourth-order valence-electron chi connectivity index (χ4n) is 3.21. The summed E-state index contributed by atoms with van der Waals surface area (Å²) in [5, 5.41) is 16.7. The first-order valence-corrected chi connectivity index (χ1v) is 8.24. The molecule has 0 saturated heterocycles. The molecule has 1 fully saturated rings. The van der Waals surface area contributed by atoms with Crippen molar-refractivity contribution in [2.75, 3.05) is 6.61 Å². The van der Waals surface area contributed by atoms with E-state index < -0.39 is 0 Å². The molecule has 2 aromatic rings. The standard InChI is InChI=1S/C18H23N3O2/c22-13-16-4-1-2-5-17(16)20-18(23)15-8-6-14(7-9-15)12-21-11-3-10-19-21/h3,6-11,16-17,22H,1-2,4-5,12-13H2,(H,20,23). The molecule has 5 nitrogen and oxygen atoms in total.